The Bertz CT molecular complexity index is 835. The van der Waals surface area contributed by atoms with Crippen molar-refractivity contribution in [3.05, 3.63) is 71.3 Å². The van der Waals surface area contributed by atoms with Gasteiger partial charge in [0.1, 0.15) is 12.0 Å². The van der Waals surface area contributed by atoms with Gasteiger partial charge in [-0.1, -0.05) is 32.4 Å². The minimum Gasteiger partial charge on any atom is -0.351 e. The molecule has 0 aliphatic rings. The molecule has 27 heavy (non-hydrogen) atoms. The van der Waals surface area contributed by atoms with Crippen LogP contribution in [0.25, 0.3) is 0 Å². The van der Waals surface area contributed by atoms with Crippen LogP contribution in [0.5, 0.6) is 0 Å². The Morgan fingerprint density at radius 2 is 1.93 bits per heavy atom. The smallest absolute Gasteiger partial charge is 0.252 e. The number of aromatic nitrogens is 1. The Labute approximate surface area is 164 Å². The lowest BCUT2D eigenvalue weighted by molar-refractivity contribution is 0.0889. The van der Waals surface area contributed by atoms with Gasteiger partial charge in [-0.25, -0.2) is 0 Å². The van der Waals surface area contributed by atoms with Gasteiger partial charge in [0, 0.05) is 22.2 Å². The first-order valence-electron chi connectivity index (χ1n) is 8.39. The van der Waals surface area contributed by atoms with Crippen LogP contribution in [0.1, 0.15) is 31.1 Å². The molecule has 1 unspecified atom stereocenters. The molecule has 0 fully saturated rings. The summed E-state index contributed by atoms with van der Waals surface area (Å²) < 4.78 is 0. The van der Waals surface area contributed by atoms with E-state index in [4.69, 9.17) is 16.9 Å². The van der Waals surface area contributed by atoms with E-state index in [1.165, 1.54) is 6.08 Å². The normalized spacial score (nSPS) is 12.6. The summed E-state index contributed by atoms with van der Waals surface area (Å²) in [7, 11) is 0. The fourth-order valence-electron chi connectivity index (χ4n) is 2.21. The van der Waals surface area contributed by atoms with Crippen LogP contribution in [0, 0.1) is 16.7 Å². The third kappa shape index (κ3) is 6.32. The molecule has 0 radical (unpaired) electrons. The van der Waals surface area contributed by atoms with Crippen molar-refractivity contribution in [3.63, 3.8) is 0 Å². The van der Waals surface area contributed by atoms with Gasteiger partial charge >= 0.3 is 0 Å². The molecule has 1 aromatic heterocycles. The number of pyridine rings is 1. The first-order chi connectivity index (χ1) is 12.8. The van der Waals surface area contributed by atoms with Crippen LogP contribution in [0.3, 0.4) is 0 Å². The average molecular weight is 384 g/mol. The SMILES string of the molecule is CC(C)(C)C(NC(=O)c1ccc(Cl)cc1)N/C(=C/C#N)Nc1cccnc1. The second-order valence-electron chi connectivity index (χ2n) is 6.98. The van der Waals surface area contributed by atoms with Crippen molar-refractivity contribution in [1.29, 1.82) is 5.26 Å². The first kappa shape index (κ1) is 20.3. The summed E-state index contributed by atoms with van der Waals surface area (Å²) in [5, 5.41) is 18.9. The summed E-state index contributed by atoms with van der Waals surface area (Å²) in [5.74, 6) is 0.221. The van der Waals surface area contributed by atoms with E-state index in [1.54, 1.807) is 42.7 Å². The molecule has 0 saturated heterocycles. The number of benzene rings is 1. The standard InChI is InChI=1S/C20H22ClN5O/c1-20(2,3)19(26-18(27)14-6-8-15(21)9-7-14)25-17(10-11-22)24-16-5-4-12-23-13-16/h4-10,12-13,19,24-25H,1-3H3,(H,26,27)/b17-10+. The molecule has 0 aliphatic heterocycles. The molecule has 7 heteroatoms. The van der Waals surface area contributed by atoms with Gasteiger partial charge in [0.15, 0.2) is 0 Å². The number of hydrogen-bond acceptors (Lipinski definition) is 5. The zero-order chi connectivity index (χ0) is 19.9. The number of carbonyl (C=O) groups is 1. The molecule has 2 rings (SSSR count). The Morgan fingerprint density at radius 3 is 2.48 bits per heavy atom. The van der Waals surface area contributed by atoms with E-state index < -0.39 is 6.17 Å². The minimum atomic E-state index is -0.440. The van der Waals surface area contributed by atoms with Gasteiger partial charge in [-0.2, -0.15) is 5.26 Å². The Hall–Kier alpha value is -3.04. The summed E-state index contributed by atoms with van der Waals surface area (Å²) in [4.78, 5) is 16.6. The second kappa shape index (κ2) is 9.06. The van der Waals surface area contributed by atoms with Gasteiger partial charge in [-0.05, 0) is 36.4 Å². The summed E-state index contributed by atoms with van der Waals surface area (Å²) in [5.41, 5.74) is 0.900. The first-order valence-corrected chi connectivity index (χ1v) is 8.77. The van der Waals surface area contributed by atoms with Gasteiger partial charge < -0.3 is 16.0 Å². The highest BCUT2D eigenvalue weighted by molar-refractivity contribution is 6.30. The monoisotopic (exact) mass is 383 g/mol. The summed E-state index contributed by atoms with van der Waals surface area (Å²) in [6.45, 7) is 5.96. The van der Waals surface area contributed by atoms with Crippen molar-refractivity contribution in [1.82, 2.24) is 15.6 Å². The zero-order valence-electron chi connectivity index (χ0n) is 15.5. The van der Waals surface area contributed by atoms with E-state index >= 15 is 0 Å². The number of nitrogens with one attached hydrogen (secondary N) is 3. The molecule has 1 aromatic carbocycles. The van der Waals surface area contributed by atoms with Crippen LogP contribution < -0.4 is 16.0 Å². The quantitative estimate of drug-likeness (QED) is 0.520. The lowest BCUT2D eigenvalue weighted by Crippen LogP contribution is -2.53. The van der Waals surface area contributed by atoms with E-state index in [0.717, 1.165) is 5.69 Å². The van der Waals surface area contributed by atoms with E-state index in [-0.39, 0.29) is 11.3 Å². The Balaban J connectivity index is 2.17. The van der Waals surface area contributed by atoms with E-state index in [2.05, 4.69) is 20.9 Å². The van der Waals surface area contributed by atoms with Crippen molar-refractivity contribution in [2.75, 3.05) is 5.32 Å². The van der Waals surface area contributed by atoms with Crippen molar-refractivity contribution in [2.24, 2.45) is 5.41 Å². The number of anilines is 1. The van der Waals surface area contributed by atoms with Gasteiger partial charge in [0.2, 0.25) is 0 Å². The summed E-state index contributed by atoms with van der Waals surface area (Å²) in [6, 6.07) is 12.3. The van der Waals surface area contributed by atoms with E-state index in [1.807, 2.05) is 32.9 Å². The Kier molecular flexibility index (Phi) is 6.80. The minimum absolute atomic E-state index is 0.239. The van der Waals surface area contributed by atoms with E-state index in [0.29, 0.717) is 16.4 Å². The molecule has 0 aliphatic carbocycles. The maximum Gasteiger partial charge on any atom is 0.252 e. The fraction of sp³-hybridized carbons (Fsp3) is 0.250. The molecule has 1 heterocycles. The van der Waals surface area contributed by atoms with Crippen molar-refractivity contribution in [3.8, 4) is 6.07 Å². The topological polar surface area (TPSA) is 89.8 Å². The average Bonchev–Trinajstić information content (AvgIpc) is 2.62. The fourth-order valence-corrected chi connectivity index (χ4v) is 2.34. The highest BCUT2D eigenvalue weighted by Crippen LogP contribution is 2.20. The predicted octanol–water partition coefficient (Wildman–Crippen LogP) is 3.90. The molecule has 3 N–H and O–H groups in total. The van der Waals surface area contributed by atoms with Gasteiger partial charge in [0.05, 0.1) is 24.0 Å². The molecule has 2 aromatic rings. The van der Waals surface area contributed by atoms with Gasteiger partial charge in [-0.3, -0.25) is 9.78 Å². The second-order valence-corrected chi connectivity index (χ2v) is 7.41. The largest absolute Gasteiger partial charge is 0.351 e. The predicted molar refractivity (Wildman–Crippen MR) is 107 cm³/mol. The van der Waals surface area contributed by atoms with Crippen LogP contribution in [-0.4, -0.2) is 17.1 Å². The molecule has 140 valence electrons. The molecular weight excluding hydrogens is 362 g/mol. The number of allylic oxidation sites excluding steroid dienone is 1. The van der Waals surface area contributed by atoms with Crippen LogP contribution >= 0.6 is 11.6 Å². The lowest BCUT2D eigenvalue weighted by Gasteiger charge is -2.33. The molecule has 0 spiro atoms. The molecule has 1 amide bonds. The van der Waals surface area contributed by atoms with Gasteiger partial charge in [0.25, 0.3) is 5.91 Å². The lowest BCUT2D eigenvalue weighted by atomic mass is 9.92. The third-order valence-corrected chi connectivity index (χ3v) is 3.95. The van der Waals surface area contributed by atoms with Crippen LogP contribution in [-0.2, 0) is 0 Å². The molecular formula is C20H22ClN5O. The zero-order valence-corrected chi connectivity index (χ0v) is 16.2. The van der Waals surface area contributed by atoms with Crippen LogP contribution in [0.15, 0.2) is 60.7 Å². The van der Waals surface area contributed by atoms with Gasteiger partial charge in [-0.15, -0.1) is 0 Å². The number of amides is 1. The third-order valence-electron chi connectivity index (χ3n) is 3.70. The Morgan fingerprint density at radius 1 is 1.22 bits per heavy atom. The molecule has 0 saturated carbocycles. The van der Waals surface area contributed by atoms with Crippen molar-refractivity contribution < 1.29 is 4.79 Å². The van der Waals surface area contributed by atoms with Crippen molar-refractivity contribution >= 4 is 23.2 Å². The highest BCUT2D eigenvalue weighted by atomic mass is 35.5. The number of carbonyl (C=O) groups excluding carboxylic acids is 1. The summed E-state index contributed by atoms with van der Waals surface area (Å²) >= 11 is 5.88. The summed E-state index contributed by atoms with van der Waals surface area (Å²) in [6.07, 6.45) is 4.21. The number of hydrogen-bond donors (Lipinski definition) is 3. The van der Waals surface area contributed by atoms with Crippen LogP contribution in [0.4, 0.5) is 5.69 Å². The number of nitrogens with zero attached hydrogens (tertiary/aromatic N) is 2. The van der Waals surface area contributed by atoms with E-state index in [9.17, 15) is 4.79 Å². The maximum atomic E-state index is 12.6. The highest BCUT2D eigenvalue weighted by Gasteiger charge is 2.27. The number of halogens is 1. The molecule has 0 bridgehead atoms. The van der Waals surface area contributed by atoms with Crippen LogP contribution in [0.2, 0.25) is 5.02 Å². The molecule has 6 nitrogen and oxygen atoms in total. The number of nitriles is 1. The molecule has 1 atom stereocenters. The van der Waals surface area contributed by atoms with Crippen molar-refractivity contribution in [2.45, 2.75) is 26.9 Å². The number of rotatable bonds is 6. The maximum absolute atomic E-state index is 12.6.